The topological polar surface area (TPSA) is 141 Å². The molecule has 1 aromatic heterocycles. The van der Waals surface area contributed by atoms with Crippen molar-refractivity contribution in [2.75, 3.05) is 32.5 Å². The van der Waals surface area contributed by atoms with Crippen LogP contribution in [0.5, 0.6) is 0 Å². The average molecular weight is 443 g/mol. The molecule has 0 saturated carbocycles. The van der Waals surface area contributed by atoms with Crippen LogP contribution in [0.25, 0.3) is 0 Å². The van der Waals surface area contributed by atoms with E-state index >= 15 is 0 Å². The van der Waals surface area contributed by atoms with Gasteiger partial charge in [-0.3, -0.25) is 9.48 Å². The summed E-state index contributed by atoms with van der Waals surface area (Å²) in [6, 6.07) is 6.84. The van der Waals surface area contributed by atoms with Crippen LogP contribution >= 0.6 is 0 Å². The first kappa shape index (κ1) is 23.0. The maximum absolute atomic E-state index is 13.2. The molecule has 0 spiro atoms. The van der Waals surface area contributed by atoms with E-state index in [0.717, 1.165) is 0 Å². The normalized spacial score (nSPS) is 20.7. The Labute approximate surface area is 185 Å². The van der Waals surface area contributed by atoms with Gasteiger partial charge in [-0.05, 0) is 57.7 Å². The van der Waals surface area contributed by atoms with Crippen molar-refractivity contribution in [1.82, 2.24) is 19.6 Å². The van der Waals surface area contributed by atoms with E-state index in [1.807, 2.05) is 19.0 Å². The number of rotatable bonds is 7. The lowest BCUT2D eigenvalue weighted by Gasteiger charge is -2.41. The molecule has 32 heavy (non-hydrogen) atoms. The molecule has 0 aliphatic carbocycles. The van der Waals surface area contributed by atoms with Gasteiger partial charge in [-0.1, -0.05) is 0 Å². The molecule has 11 heteroatoms. The van der Waals surface area contributed by atoms with Gasteiger partial charge < -0.3 is 26.0 Å². The Morgan fingerprint density at radius 1 is 1.38 bits per heavy atom. The van der Waals surface area contributed by atoms with Gasteiger partial charge in [-0.2, -0.15) is 10.4 Å². The number of nitrogens with one attached hydrogen (secondary N) is 1. The van der Waals surface area contributed by atoms with Crippen LogP contribution in [-0.4, -0.2) is 69.9 Å². The molecule has 0 radical (unpaired) electrons. The van der Waals surface area contributed by atoms with Gasteiger partial charge in [0.2, 0.25) is 0 Å². The summed E-state index contributed by atoms with van der Waals surface area (Å²) in [6.07, 6.45) is 1.25. The minimum Gasteiger partial charge on any atom is -0.465 e. The van der Waals surface area contributed by atoms with Crippen LogP contribution in [0.15, 0.2) is 30.5 Å². The van der Waals surface area contributed by atoms with E-state index in [1.54, 1.807) is 0 Å². The second-order valence-corrected chi connectivity index (χ2v) is 8.01. The number of hydrogen-bond donors (Lipinski definition) is 3. The zero-order valence-corrected chi connectivity index (χ0v) is 17.9. The number of aromatic nitrogens is 2. The minimum atomic E-state index is -1.07. The lowest BCUT2D eigenvalue weighted by atomic mass is 9.84. The van der Waals surface area contributed by atoms with E-state index in [2.05, 4.69) is 16.5 Å². The van der Waals surface area contributed by atoms with Crippen LogP contribution in [0.2, 0.25) is 0 Å². The van der Waals surface area contributed by atoms with Gasteiger partial charge in [0, 0.05) is 18.4 Å². The van der Waals surface area contributed by atoms with Gasteiger partial charge in [0.25, 0.3) is 5.91 Å². The average Bonchev–Trinajstić information content (AvgIpc) is 3.16. The third-order valence-electron chi connectivity index (χ3n) is 5.61. The molecule has 0 bridgehead atoms. The lowest BCUT2D eigenvalue weighted by molar-refractivity contribution is 0.0600. The number of amides is 2. The lowest BCUT2D eigenvalue weighted by Crippen LogP contribution is -2.52. The molecule has 1 aliphatic heterocycles. The highest BCUT2D eigenvalue weighted by Gasteiger charge is 2.42. The summed E-state index contributed by atoms with van der Waals surface area (Å²) in [5.74, 6) is -1.59. The second kappa shape index (κ2) is 9.65. The van der Waals surface area contributed by atoms with E-state index in [-0.39, 0.29) is 17.9 Å². The van der Waals surface area contributed by atoms with E-state index in [0.29, 0.717) is 25.1 Å². The van der Waals surface area contributed by atoms with Crippen molar-refractivity contribution in [1.29, 1.82) is 5.26 Å². The van der Waals surface area contributed by atoms with Gasteiger partial charge >= 0.3 is 6.09 Å². The highest BCUT2D eigenvalue weighted by Crippen LogP contribution is 2.35. The summed E-state index contributed by atoms with van der Waals surface area (Å²) in [4.78, 5) is 27.0. The Kier molecular flexibility index (Phi) is 6.95. The van der Waals surface area contributed by atoms with E-state index < -0.39 is 35.8 Å². The number of nitriles is 1. The first-order valence-electron chi connectivity index (χ1n) is 10.2. The van der Waals surface area contributed by atoms with Gasteiger partial charge in [0.05, 0.1) is 24.1 Å². The number of hydrogen-bond acceptors (Lipinski definition) is 6. The smallest absolute Gasteiger partial charge is 0.407 e. The Morgan fingerprint density at radius 3 is 2.62 bits per heavy atom. The van der Waals surface area contributed by atoms with Crippen LogP contribution < -0.4 is 11.1 Å². The highest BCUT2D eigenvalue weighted by molar-refractivity contribution is 5.98. The summed E-state index contributed by atoms with van der Waals surface area (Å²) in [5, 5.41) is 27.0. The molecular weight excluding hydrogens is 417 g/mol. The Bertz CT molecular complexity index is 1020. The zero-order valence-electron chi connectivity index (χ0n) is 17.9. The number of carbonyl (C=O) groups excluding carboxylic acids is 1. The van der Waals surface area contributed by atoms with Crippen molar-refractivity contribution in [3.8, 4) is 6.07 Å². The third-order valence-corrected chi connectivity index (χ3v) is 5.61. The largest absolute Gasteiger partial charge is 0.465 e. The van der Waals surface area contributed by atoms with Crippen LogP contribution in [0, 0.1) is 23.1 Å². The SMILES string of the molecule is CN(C)CCC1[C@H](C#N)[C@@H](n2cc(C(N)=O)c(Nc3ccc(F)cc3)n2)CCN1C(=O)O. The number of primary amides is 1. The monoisotopic (exact) mass is 443 g/mol. The predicted molar refractivity (Wildman–Crippen MR) is 115 cm³/mol. The summed E-state index contributed by atoms with van der Waals surface area (Å²) in [5.41, 5.74) is 6.16. The molecule has 10 nitrogen and oxygen atoms in total. The molecule has 170 valence electrons. The molecule has 4 N–H and O–H groups in total. The fourth-order valence-electron chi connectivity index (χ4n) is 4.00. The number of anilines is 2. The van der Waals surface area contributed by atoms with Crippen LogP contribution in [-0.2, 0) is 0 Å². The Balaban J connectivity index is 1.93. The van der Waals surface area contributed by atoms with Crippen molar-refractivity contribution in [3.63, 3.8) is 0 Å². The number of carboxylic acid groups (broad SMARTS) is 1. The minimum absolute atomic E-state index is 0.122. The van der Waals surface area contributed by atoms with Gasteiger partial charge in [0.1, 0.15) is 11.4 Å². The molecule has 1 unspecified atom stereocenters. The van der Waals surface area contributed by atoms with E-state index in [4.69, 9.17) is 5.73 Å². The maximum Gasteiger partial charge on any atom is 0.407 e. The van der Waals surface area contributed by atoms with Crippen molar-refractivity contribution >= 4 is 23.5 Å². The highest BCUT2D eigenvalue weighted by atomic mass is 19.1. The molecule has 3 rings (SSSR count). The van der Waals surface area contributed by atoms with Crippen molar-refractivity contribution in [2.45, 2.75) is 24.9 Å². The molecular formula is C21H26FN7O3. The summed E-state index contributed by atoms with van der Waals surface area (Å²) < 4.78 is 14.7. The quantitative estimate of drug-likeness (QED) is 0.596. The fourth-order valence-corrected chi connectivity index (χ4v) is 4.00. The van der Waals surface area contributed by atoms with E-state index in [1.165, 1.54) is 40.0 Å². The Morgan fingerprint density at radius 2 is 2.06 bits per heavy atom. The second-order valence-electron chi connectivity index (χ2n) is 8.01. The third kappa shape index (κ3) is 4.97. The number of nitrogens with zero attached hydrogens (tertiary/aromatic N) is 5. The number of benzene rings is 1. The maximum atomic E-state index is 13.2. The standard InChI is InChI=1S/C21H26FN7O3/c1-27(2)9-7-17-15(11-23)18(8-10-28(17)21(31)32)29-12-16(19(24)30)20(26-29)25-14-5-3-13(22)4-6-14/h3-6,12,15,17-18H,7-10H2,1-2H3,(H2,24,30)(H,25,26)(H,31,32)/t15-,17?,18-/m0/s1. The van der Waals surface area contributed by atoms with Crippen LogP contribution in [0.4, 0.5) is 20.7 Å². The number of nitrogens with two attached hydrogens (primary N) is 1. The van der Waals surface area contributed by atoms with Crippen LogP contribution in [0.3, 0.4) is 0 Å². The Hall–Kier alpha value is -3.65. The van der Waals surface area contributed by atoms with Crippen molar-refractivity contribution < 1.29 is 19.1 Å². The number of likely N-dealkylation sites (tertiary alicyclic amines) is 1. The first-order valence-corrected chi connectivity index (χ1v) is 10.2. The van der Waals surface area contributed by atoms with Crippen molar-refractivity contribution in [3.05, 3.63) is 41.8 Å². The molecule has 2 heterocycles. The molecule has 3 atom stereocenters. The van der Waals surface area contributed by atoms with Crippen molar-refractivity contribution in [2.24, 2.45) is 11.7 Å². The number of halogens is 1. The van der Waals surface area contributed by atoms with Crippen LogP contribution in [0.1, 0.15) is 29.2 Å². The summed E-state index contributed by atoms with van der Waals surface area (Å²) in [6.45, 7) is 0.852. The predicted octanol–water partition coefficient (Wildman–Crippen LogP) is 2.25. The molecule has 1 aromatic carbocycles. The van der Waals surface area contributed by atoms with Gasteiger partial charge in [-0.25, -0.2) is 9.18 Å². The molecule has 1 aliphatic rings. The molecule has 1 fully saturated rings. The fraction of sp³-hybridized carbons (Fsp3) is 0.429. The molecule has 2 amide bonds. The summed E-state index contributed by atoms with van der Waals surface area (Å²) in [7, 11) is 3.76. The van der Waals surface area contributed by atoms with Gasteiger partial charge in [-0.15, -0.1) is 0 Å². The van der Waals surface area contributed by atoms with Gasteiger partial charge in [0.15, 0.2) is 5.82 Å². The molecule has 2 aromatic rings. The van der Waals surface area contributed by atoms with E-state index in [9.17, 15) is 24.3 Å². The number of carbonyl (C=O) groups is 2. The summed E-state index contributed by atoms with van der Waals surface area (Å²) >= 11 is 0. The zero-order chi connectivity index (χ0) is 23.4. The first-order chi connectivity index (χ1) is 15.2. The number of piperidine rings is 1. The molecule has 1 saturated heterocycles.